The van der Waals surface area contributed by atoms with Gasteiger partial charge in [-0.2, -0.15) is 4.98 Å². The number of nitrogen functional groups attached to an aromatic ring is 2. The van der Waals surface area contributed by atoms with Crippen molar-refractivity contribution in [2.75, 3.05) is 11.5 Å². The third-order valence-electron chi connectivity index (χ3n) is 1.66. The fourth-order valence-corrected chi connectivity index (χ4v) is 1.84. The fraction of sp³-hybridized carbons (Fsp3) is 0.143. The molecule has 2 rings (SSSR count). The van der Waals surface area contributed by atoms with Crippen LogP contribution in [0.5, 0.6) is 0 Å². The van der Waals surface area contributed by atoms with Crippen LogP contribution >= 0.6 is 11.3 Å². The number of hydrogen-bond donors (Lipinski definition) is 2. The molecule has 6 heteroatoms. The van der Waals surface area contributed by atoms with Gasteiger partial charge in [0.15, 0.2) is 0 Å². The molecule has 5 nitrogen and oxygen atoms in total. The lowest BCUT2D eigenvalue weighted by atomic mass is 10.3. The highest BCUT2D eigenvalue weighted by molar-refractivity contribution is 7.14. The minimum atomic E-state index is 0.125. The first-order valence-electron chi connectivity index (χ1n) is 3.61. The van der Waals surface area contributed by atoms with E-state index in [-0.39, 0.29) is 5.95 Å². The lowest BCUT2D eigenvalue weighted by Gasteiger charge is -1.91. The third-order valence-corrected chi connectivity index (χ3v) is 2.76. The van der Waals surface area contributed by atoms with Gasteiger partial charge in [0, 0.05) is 0 Å². The molecule has 13 heavy (non-hydrogen) atoms. The van der Waals surface area contributed by atoms with Crippen molar-refractivity contribution in [1.29, 1.82) is 0 Å². The zero-order valence-electron chi connectivity index (χ0n) is 6.94. The standard InChI is InChI=1S/C7H8N4OS/c1-3-2-13-5(4(3)8)6-10-7(9)11-12-6/h2H,8H2,1H3,(H2,9,11). The van der Waals surface area contributed by atoms with Crippen molar-refractivity contribution in [3.8, 4) is 10.8 Å². The largest absolute Gasteiger partial charge is 0.397 e. The monoisotopic (exact) mass is 196 g/mol. The van der Waals surface area contributed by atoms with Crippen LogP contribution in [0.2, 0.25) is 0 Å². The summed E-state index contributed by atoms with van der Waals surface area (Å²) in [6.07, 6.45) is 0. The number of thiophene rings is 1. The van der Waals surface area contributed by atoms with Crippen LogP contribution in [0.1, 0.15) is 5.56 Å². The molecule has 0 bridgehead atoms. The number of hydrogen-bond acceptors (Lipinski definition) is 6. The second-order valence-electron chi connectivity index (χ2n) is 2.62. The molecule has 68 valence electrons. The van der Waals surface area contributed by atoms with Gasteiger partial charge in [0.1, 0.15) is 4.88 Å². The van der Waals surface area contributed by atoms with E-state index in [1.54, 1.807) is 0 Å². The van der Waals surface area contributed by atoms with Gasteiger partial charge >= 0.3 is 0 Å². The van der Waals surface area contributed by atoms with Gasteiger partial charge < -0.3 is 16.0 Å². The summed E-state index contributed by atoms with van der Waals surface area (Å²) >= 11 is 1.47. The molecule has 4 N–H and O–H groups in total. The van der Waals surface area contributed by atoms with Crippen LogP contribution in [0.25, 0.3) is 10.8 Å². The van der Waals surface area contributed by atoms with Crippen LogP contribution in [0.4, 0.5) is 11.6 Å². The normalized spacial score (nSPS) is 10.5. The molecule has 0 atom stereocenters. The molecule has 0 aromatic carbocycles. The Hall–Kier alpha value is -1.56. The van der Waals surface area contributed by atoms with Crippen LogP contribution in [-0.2, 0) is 0 Å². The molecular formula is C7H8N4OS. The Morgan fingerprint density at radius 3 is 2.69 bits per heavy atom. The summed E-state index contributed by atoms with van der Waals surface area (Å²) in [7, 11) is 0. The van der Waals surface area contributed by atoms with Crippen LogP contribution in [0.15, 0.2) is 9.90 Å². The third kappa shape index (κ3) is 1.25. The van der Waals surface area contributed by atoms with E-state index in [4.69, 9.17) is 16.0 Å². The number of aryl methyl sites for hydroxylation is 1. The second kappa shape index (κ2) is 2.74. The lowest BCUT2D eigenvalue weighted by Crippen LogP contribution is -1.88. The number of nitrogens with two attached hydrogens (primary N) is 2. The van der Waals surface area contributed by atoms with Gasteiger partial charge in [0.25, 0.3) is 11.8 Å². The molecule has 0 radical (unpaired) electrons. The zero-order valence-corrected chi connectivity index (χ0v) is 7.76. The van der Waals surface area contributed by atoms with E-state index in [9.17, 15) is 0 Å². The van der Waals surface area contributed by atoms with Crippen LogP contribution in [0.3, 0.4) is 0 Å². The number of anilines is 2. The summed E-state index contributed by atoms with van der Waals surface area (Å²) < 4.78 is 4.89. The van der Waals surface area contributed by atoms with Gasteiger partial charge in [0.2, 0.25) is 0 Å². The summed E-state index contributed by atoms with van der Waals surface area (Å²) in [4.78, 5) is 4.66. The van der Waals surface area contributed by atoms with Crippen molar-refractivity contribution >= 4 is 23.0 Å². The maximum atomic E-state index is 5.79. The highest BCUT2D eigenvalue weighted by atomic mass is 32.1. The van der Waals surface area contributed by atoms with Gasteiger partial charge in [0.05, 0.1) is 5.69 Å². The summed E-state index contributed by atoms with van der Waals surface area (Å²) in [5.41, 5.74) is 12.8. The predicted molar refractivity (Wildman–Crippen MR) is 51.2 cm³/mol. The van der Waals surface area contributed by atoms with Crippen LogP contribution in [0, 0.1) is 6.92 Å². The van der Waals surface area contributed by atoms with Crippen molar-refractivity contribution in [2.45, 2.75) is 6.92 Å². The minimum absolute atomic E-state index is 0.125. The van der Waals surface area contributed by atoms with Gasteiger partial charge in [-0.05, 0) is 23.0 Å². The van der Waals surface area contributed by atoms with Crippen LogP contribution < -0.4 is 11.5 Å². The van der Waals surface area contributed by atoms with E-state index in [0.29, 0.717) is 11.6 Å². The van der Waals surface area contributed by atoms with Crippen LogP contribution in [-0.4, -0.2) is 10.1 Å². The van der Waals surface area contributed by atoms with E-state index < -0.39 is 0 Å². The Kier molecular flexibility index (Phi) is 1.70. The van der Waals surface area contributed by atoms with Crippen molar-refractivity contribution in [3.63, 3.8) is 0 Å². The second-order valence-corrected chi connectivity index (χ2v) is 3.50. The molecule has 0 saturated heterocycles. The summed E-state index contributed by atoms with van der Waals surface area (Å²) in [5.74, 6) is 0.508. The molecule has 2 aromatic heterocycles. The summed E-state index contributed by atoms with van der Waals surface area (Å²) in [6, 6.07) is 0. The zero-order chi connectivity index (χ0) is 9.42. The van der Waals surface area contributed by atoms with Crippen molar-refractivity contribution in [1.82, 2.24) is 10.1 Å². The molecular weight excluding hydrogens is 188 g/mol. The maximum absolute atomic E-state index is 5.79. The first kappa shape index (κ1) is 8.06. The molecule has 2 heterocycles. The number of nitrogens with zero attached hydrogens (tertiary/aromatic N) is 2. The maximum Gasteiger partial charge on any atom is 0.271 e. The quantitative estimate of drug-likeness (QED) is 0.716. The lowest BCUT2D eigenvalue weighted by molar-refractivity contribution is 0.434. The van der Waals surface area contributed by atoms with Gasteiger partial charge in [-0.3, -0.25) is 0 Å². The molecule has 2 aromatic rings. The molecule has 0 unspecified atom stereocenters. The molecule has 0 fully saturated rings. The fourth-order valence-electron chi connectivity index (χ4n) is 0.946. The van der Waals surface area contributed by atoms with Crippen molar-refractivity contribution in [2.24, 2.45) is 0 Å². The topological polar surface area (TPSA) is 91.0 Å². The van der Waals surface area contributed by atoms with Crippen molar-refractivity contribution < 1.29 is 4.52 Å². The highest BCUT2D eigenvalue weighted by Gasteiger charge is 2.13. The molecule has 0 amide bonds. The number of aromatic nitrogens is 2. The molecule has 0 aliphatic heterocycles. The van der Waals surface area contributed by atoms with Gasteiger partial charge in [-0.1, -0.05) is 0 Å². The Morgan fingerprint density at radius 1 is 1.46 bits per heavy atom. The van der Waals surface area contributed by atoms with Gasteiger partial charge in [-0.15, -0.1) is 11.3 Å². The molecule has 0 aliphatic rings. The predicted octanol–water partition coefficient (Wildman–Crippen LogP) is 1.27. The Labute approximate surface area is 78.4 Å². The highest BCUT2D eigenvalue weighted by Crippen LogP contribution is 2.33. The van der Waals surface area contributed by atoms with E-state index in [1.807, 2.05) is 12.3 Å². The SMILES string of the molecule is Cc1csc(-c2nc(N)no2)c1N. The van der Waals surface area contributed by atoms with Crippen molar-refractivity contribution in [3.05, 3.63) is 10.9 Å². The summed E-state index contributed by atoms with van der Waals surface area (Å²) in [6.45, 7) is 1.93. The van der Waals surface area contributed by atoms with E-state index in [0.717, 1.165) is 10.4 Å². The molecule has 0 spiro atoms. The summed E-state index contributed by atoms with van der Waals surface area (Å²) in [5, 5.41) is 5.42. The minimum Gasteiger partial charge on any atom is -0.397 e. The number of rotatable bonds is 1. The van der Waals surface area contributed by atoms with E-state index in [1.165, 1.54) is 11.3 Å². The first-order chi connectivity index (χ1) is 6.18. The average Bonchev–Trinajstić information content (AvgIpc) is 2.62. The molecule has 0 saturated carbocycles. The first-order valence-corrected chi connectivity index (χ1v) is 4.49. The van der Waals surface area contributed by atoms with E-state index >= 15 is 0 Å². The Balaban J connectivity index is 2.52. The Bertz CT molecular complexity index is 433. The smallest absolute Gasteiger partial charge is 0.271 e. The van der Waals surface area contributed by atoms with E-state index in [2.05, 4.69) is 10.1 Å². The Morgan fingerprint density at radius 2 is 2.23 bits per heavy atom. The average molecular weight is 196 g/mol. The molecule has 0 aliphatic carbocycles. The van der Waals surface area contributed by atoms with Gasteiger partial charge in [-0.25, -0.2) is 0 Å².